The van der Waals surface area contributed by atoms with Gasteiger partial charge in [-0.25, -0.2) is 0 Å². The number of cyclic esters (lactones) is 2. The molecule has 0 atom stereocenters. The molecule has 0 aromatic carbocycles. The van der Waals surface area contributed by atoms with Crippen molar-refractivity contribution < 1.29 is 19.1 Å². The Hall–Kier alpha value is -1.06. The predicted octanol–water partition coefficient (Wildman–Crippen LogP) is 0.647. The van der Waals surface area contributed by atoms with Gasteiger partial charge < -0.3 is 9.47 Å². The van der Waals surface area contributed by atoms with Gasteiger partial charge in [-0.05, 0) is 19.3 Å². The van der Waals surface area contributed by atoms with E-state index in [1.807, 2.05) is 0 Å². The lowest BCUT2D eigenvalue weighted by atomic mass is 10.2. The highest BCUT2D eigenvalue weighted by atomic mass is 16.6. The summed E-state index contributed by atoms with van der Waals surface area (Å²) in [5.41, 5.74) is 0. The molecule has 1 saturated heterocycles. The monoisotopic (exact) mass is 172 g/mol. The molecular formula is C8H12O4. The molecule has 0 bridgehead atoms. The molecule has 4 nitrogen and oxygen atoms in total. The molecule has 0 radical (unpaired) electrons. The second-order valence-electron chi connectivity index (χ2n) is 2.68. The first kappa shape index (κ1) is 9.03. The van der Waals surface area contributed by atoms with E-state index < -0.39 is 11.9 Å². The maximum atomic E-state index is 10.8. The normalized spacial score (nSPS) is 21.0. The van der Waals surface area contributed by atoms with Gasteiger partial charge in [0.1, 0.15) is 6.42 Å². The zero-order valence-corrected chi connectivity index (χ0v) is 6.88. The molecule has 0 amide bonds. The second-order valence-corrected chi connectivity index (χ2v) is 2.68. The number of hydrogen-bond acceptors (Lipinski definition) is 4. The van der Waals surface area contributed by atoms with Gasteiger partial charge in [0, 0.05) is 0 Å². The van der Waals surface area contributed by atoms with Crippen LogP contribution in [0.15, 0.2) is 0 Å². The zero-order chi connectivity index (χ0) is 8.81. The van der Waals surface area contributed by atoms with Crippen LogP contribution in [0.25, 0.3) is 0 Å². The molecular weight excluding hydrogens is 160 g/mol. The average molecular weight is 172 g/mol. The van der Waals surface area contributed by atoms with Crippen molar-refractivity contribution in [2.24, 2.45) is 0 Å². The molecule has 1 heterocycles. The van der Waals surface area contributed by atoms with Crippen molar-refractivity contribution >= 4 is 11.9 Å². The van der Waals surface area contributed by atoms with Gasteiger partial charge >= 0.3 is 11.9 Å². The summed E-state index contributed by atoms with van der Waals surface area (Å²) in [4.78, 5) is 21.6. The molecule has 0 aromatic rings. The van der Waals surface area contributed by atoms with Crippen LogP contribution in [0.3, 0.4) is 0 Å². The van der Waals surface area contributed by atoms with Crippen molar-refractivity contribution in [3.63, 3.8) is 0 Å². The van der Waals surface area contributed by atoms with E-state index in [4.69, 9.17) is 9.47 Å². The second kappa shape index (κ2) is 4.74. The molecule has 0 N–H and O–H groups in total. The smallest absolute Gasteiger partial charge is 0.317 e. The van der Waals surface area contributed by atoms with Crippen LogP contribution in [0.5, 0.6) is 0 Å². The summed E-state index contributed by atoms with van der Waals surface area (Å²) in [6, 6.07) is 0. The molecule has 68 valence electrons. The van der Waals surface area contributed by atoms with Gasteiger partial charge in [-0.1, -0.05) is 0 Å². The van der Waals surface area contributed by atoms with Gasteiger partial charge in [0.2, 0.25) is 0 Å². The van der Waals surface area contributed by atoms with Gasteiger partial charge in [-0.2, -0.15) is 0 Å². The lowest BCUT2D eigenvalue weighted by molar-refractivity contribution is -0.155. The summed E-state index contributed by atoms with van der Waals surface area (Å²) in [5, 5.41) is 0. The fourth-order valence-corrected chi connectivity index (χ4v) is 0.973. The maximum absolute atomic E-state index is 10.8. The topological polar surface area (TPSA) is 52.6 Å². The lowest BCUT2D eigenvalue weighted by Crippen LogP contribution is -2.16. The Morgan fingerprint density at radius 2 is 1.33 bits per heavy atom. The molecule has 12 heavy (non-hydrogen) atoms. The van der Waals surface area contributed by atoms with E-state index in [0.29, 0.717) is 13.2 Å². The van der Waals surface area contributed by atoms with E-state index in [1.54, 1.807) is 0 Å². The summed E-state index contributed by atoms with van der Waals surface area (Å²) in [6.45, 7) is 0.845. The summed E-state index contributed by atoms with van der Waals surface area (Å²) >= 11 is 0. The van der Waals surface area contributed by atoms with E-state index in [1.165, 1.54) is 0 Å². The highest BCUT2D eigenvalue weighted by Crippen LogP contribution is 2.02. The van der Waals surface area contributed by atoms with Crippen molar-refractivity contribution in [3.8, 4) is 0 Å². The first-order chi connectivity index (χ1) is 5.79. The Balaban J connectivity index is 2.34. The molecule has 0 saturated carbocycles. The minimum atomic E-state index is -0.484. The zero-order valence-electron chi connectivity index (χ0n) is 6.88. The Bertz CT molecular complexity index is 158. The van der Waals surface area contributed by atoms with Crippen LogP contribution in [-0.2, 0) is 19.1 Å². The van der Waals surface area contributed by atoms with E-state index in [2.05, 4.69) is 0 Å². The van der Waals surface area contributed by atoms with Crippen molar-refractivity contribution in [2.75, 3.05) is 13.2 Å². The Morgan fingerprint density at radius 1 is 0.833 bits per heavy atom. The number of hydrogen-bond donors (Lipinski definition) is 0. The van der Waals surface area contributed by atoms with Crippen molar-refractivity contribution in [3.05, 3.63) is 0 Å². The molecule has 1 fully saturated rings. The third-order valence-electron chi connectivity index (χ3n) is 1.60. The lowest BCUT2D eigenvalue weighted by Gasteiger charge is -2.08. The van der Waals surface area contributed by atoms with Crippen LogP contribution in [-0.4, -0.2) is 25.2 Å². The van der Waals surface area contributed by atoms with E-state index in [9.17, 15) is 9.59 Å². The highest BCUT2D eigenvalue weighted by Gasteiger charge is 2.12. The fourth-order valence-electron chi connectivity index (χ4n) is 0.973. The minimum Gasteiger partial charge on any atom is -0.465 e. The SMILES string of the molecule is O=C1CC(=O)OCCCCCO1. The van der Waals surface area contributed by atoms with Gasteiger partial charge in [0.25, 0.3) is 0 Å². The Kier molecular flexibility index (Phi) is 3.57. The number of rotatable bonds is 0. The Morgan fingerprint density at radius 3 is 1.83 bits per heavy atom. The standard InChI is InChI=1S/C8H12O4/c9-7-6-8(10)12-5-3-1-2-4-11-7/h1-6H2. The van der Waals surface area contributed by atoms with Crippen LogP contribution < -0.4 is 0 Å². The van der Waals surface area contributed by atoms with Gasteiger partial charge in [0.15, 0.2) is 0 Å². The van der Waals surface area contributed by atoms with Crippen LogP contribution in [0.4, 0.5) is 0 Å². The van der Waals surface area contributed by atoms with Crippen molar-refractivity contribution in [2.45, 2.75) is 25.7 Å². The first-order valence-corrected chi connectivity index (χ1v) is 4.10. The van der Waals surface area contributed by atoms with Gasteiger partial charge in [-0.15, -0.1) is 0 Å². The van der Waals surface area contributed by atoms with Crippen LogP contribution >= 0.6 is 0 Å². The van der Waals surface area contributed by atoms with E-state index in [0.717, 1.165) is 19.3 Å². The predicted molar refractivity (Wildman–Crippen MR) is 40.4 cm³/mol. The number of carbonyl (C=O) groups excluding carboxylic acids is 2. The number of ether oxygens (including phenoxy) is 2. The summed E-state index contributed by atoms with van der Waals surface area (Å²) < 4.78 is 9.50. The van der Waals surface area contributed by atoms with Crippen LogP contribution in [0.1, 0.15) is 25.7 Å². The third kappa shape index (κ3) is 3.37. The van der Waals surface area contributed by atoms with Crippen LogP contribution in [0.2, 0.25) is 0 Å². The third-order valence-corrected chi connectivity index (χ3v) is 1.60. The molecule has 1 aliphatic heterocycles. The number of esters is 2. The van der Waals surface area contributed by atoms with Crippen molar-refractivity contribution in [1.29, 1.82) is 0 Å². The number of carbonyl (C=O) groups is 2. The van der Waals surface area contributed by atoms with Crippen LogP contribution in [0, 0.1) is 0 Å². The minimum absolute atomic E-state index is 0.250. The first-order valence-electron chi connectivity index (χ1n) is 4.10. The molecule has 0 aromatic heterocycles. The molecule has 1 aliphatic rings. The molecule has 0 aliphatic carbocycles. The maximum Gasteiger partial charge on any atom is 0.317 e. The Labute approximate surface area is 70.8 Å². The molecule has 4 heteroatoms. The summed E-state index contributed by atoms with van der Waals surface area (Å²) in [6.07, 6.45) is 2.38. The molecule has 0 spiro atoms. The van der Waals surface area contributed by atoms with E-state index in [-0.39, 0.29) is 6.42 Å². The molecule has 1 rings (SSSR count). The molecule has 0 unspecified atom stereocenters. The highest BCUT2D eigenvalue weighted by molar-refractivity contribution is 5.91. The van der Waals surface area contributed by atoms with Gasteiger partial charge in [0.05, 0.1) is 13.2 Å². The largest absolute Gasteiger partial charge is 0.465 e. The summed E-state index contributed by atoms with van der Waals surface area (Å²) in [7, 11) is 0. The summed E-state index contributed by atoms with van der Waals surface area (Å²) in [5.74, 6) is -0.969. The van der Waals surface area contributed by atoms with Gasteiger partial charge in [-0.3, -0.25) is 9.59 Å². The average Bonchev–Trinajstić information content (AvgIpc) is 2.02. The quantitative estimate of drug-likeness (QED) is 0.397. The van der Waals surface area contributed by atoms with Crippen molar-refractivity contribution in [1.82, 2.24) is 0 Å². The fraction of sp³-hybridized carbons (Fsp3) is 0.750. The van der Waals surface area contributed by atoms with E-state index >= 15 is 0 Å².